The summed E-state index contributed by atoms with van der Waals surface area (Å²) < 4.78 is 16.2. The topological polar surface area (TPSA) is 77.0 Å². The van der Waals surface area contributed by atoms with E-state index in [2.05, 4.69) is 44.9 Å². The predicted octanol–water partition coefficient (Wildman–Crippen LogP) is 3.79. The van der Waals surface area contributed by atoms with Crippen molar-refractivity contribution in [3.8, 4) is 17.2 Å². The van der Waals surface area contributed by atoms with Gasteiger partial charge in [0.05, 0.1) is 26.8 Å². The molecule has 0 unspecified atom stereocenters. The lowest BCUT2D eigenvalue weighted by atomic mass is 10.1. The number of benzene rings is 2. The third kappa shape index (κ3) is 6.13. The molecule has 0 aliphatic heterocycles. The Hall–Kier alpha value is -2.75. The molecule has 8 heteroatoms. The quantitative estimate of drug-likeness (QED) is 0.259. The van der Waals surface area contributed by atoms with E-state index in [1.165, 1.54) is 5.56 Å². The second kappa shape index (κ2) is 12.2. The van der Waals surface area contributed by atoms with Crippen molar-refractivity contribution in [1.82, 2.24) is 15.6 Å². The van der Waals surface area contributed by atoms with E-state index in [-0.39, 0.29) is 24.0 Å². The normalized spacial score (nSPS) is 10.9. The molecule has 3 rings (SSSR count). The van der Waals surface area contributed by atoms with Crippen molar-refractivity contribution in [2.24, 2.45) is 4.99 Å². The van der Waals surface area contributed by atoms with Gasteiger partial charge in [0.1, 0.15) is 0 Å². The highest BCUT2D eigenvalue weighted by atomic mass is 127. The van der Waals surface area contributed by atoms with Gasteiger partial charge in [-0.05, 0) is 35.7 Å². The number of hydrogen-bond acceptors (Lipinski definition) is 5. The molecule has 0 saturated heterocycles. The number of hydrogen-bond donors (Lipinski definition) is 2. The lowest BCUT2D eigenvalue weighted by molar-refractivity contribution is 0.323. The second-order valence-electron chi connectivity index (χ2n) is 6.63. The van der Waals surface area contributed by atoms with Gasteiger partial charge in [-0.2, -0.15) is 0 Å². The van der Waals surface area contributed by atoms with Gasteiger partial charge in [0.2, 0.25) is 5.75 Å². The molecule has 7 nitrogen and oxygen atoms in total. The molecule has 0 fully saturated rings. The van der Waals surface area contributed by atoms with Crippen LogP contribution < -0.4 is 24.8 Å². The molecule has 0 saturated carbocycles. The minimum absolute atomic E-state index is 0. The first-order valence-corrected chi connectivity index (χ1v) is 9.76. The molecule has 31 heavy (non-hydrogen) atoms. The lowest BCUT2D eigenvalue weighted by Gasteiger charge is -2.16. The van der Waals surface area contributed by atoms with Crippen molar-refractivity contribution in [3.05, 3.63) is 59.8 Å². The van der Waals surface area contributed by atoms with Crippen molar-refractivity contribution >= 4 is 40.8 Å². The second-order valence-corrected chi connectivity index (χ2v) is 6.63. The number of ether oxygens (including phenoxy) is 3. The first-order chi connectivity index (χ1) is 14.7. The minimum atomic E-state index is 0. The largest absolute Gasteiger partial charge is 0.493 e. The maximum atomic E-state index is 5.42. The first-order valence-electron chi connectivity index (χ1n) is 9.76. The Morgan fingerprint density at radius 1 is 0.968 bits per heavy atom. The molecule has 0 atom stereocenters. The zero-order valence-electron chi connectivity index (χ0n) is 18.3. The van der Waals surface area contributed by atoms with Crippen LogP contribution in [0.5, 0.6) is 17.2 Å². The Balaban J connectivity index is 0.00000341. The fraction of sp³-hybridized carbons (Fsp3) is 0.304. The molecule has 3 aromatic rings. The van der Waals surface area contributed by atoms with Crippen LogP contribution in [-0.4, -0.2) is 45.9 Å². The van der Waals surface area contributed by atoms with Crippen LogP contribution in [0.2, 0.25) is 0 Å². The Morgan fingerprint density at radius 3 is 2.32 bits per heavy atom. The number of rotatable bonds is 8. The third-order valence-corrected chi connectivity index (χ3v) is 4.81. The number of guanidine groups is 1. The van der Waals surface area contributed by atoms with Crippen LogP contribution in [0.1, 0.15) is 11.1 Å². The van der Waals surface area contributed by atoms with E-state index in [0.29, 0.717) is 23.8 Å². The van der Waals surface area contributed by atoms with Gasteiger partial charge in [-0.1, -0.05) is 24.3 Å². The maximum absolute atomic E-state index is 5.42. The molecular formula is C23H29IN4O3. The standard InChI is InChI=1S/C23H28N4O3.HI/c1-24-23(26-12-10-18-8-5-7-17-9-6-11-25-21(17)18)27-15-16-13-19(28-2)22(30-4)20(14-16)29-3;/h5-9,11,13-14H,10,12,15H2,1-4H3,(H2,24,26,27);1H. The van der Waals surface area contributed by atoms with Crippen molar-refractivity contribution in [1.29, 1.82) is 0 Å². The van der Waals surface area contributed by atoms with Gasteiger partial charge in [0, 0.05) is 31.7 Å². The summed E-state index contributed by atoms with van der Waals surface area (Å²) in [7, 11) is 6.56. The fourth-order valence-electron chi connectivity index (χ4n) is 3.33. The van der Waals surface area contributed by atoms with Gasteiger partial charge in [-0.3, -0.25) is 9.98 Å². The Kier molecular flexibility index (Phi) is 9.64. The van der Waals surface area contributed by atoms with E-state index in [1.54, 1.807) is 28.4 Å². The van der Waals surface area contributed by atoms with E-state index < -0.39 is 0 Å². The lowest BCUT2D eigenvalue weighted by Crippen LogP contribution is -2.37. The third-order valence-electron chi connectivity index (χ3n) is 4.81. The molecular weight excluding hydrogens is 507 g/mol. The number of methoxy groups -OCH3 is 3. The summed E-state index contributed by atoms with van der Waals surface area (Å²) in [6, 6.07) is 14.1. The van der Waals surface area contributed by atoms with Gasteiger partial charge >= 0.3 is 0 Å². The highest BCUT2D eigenvalue weighted by Gasteiger charge is 2.13. The number of aromatic nitrogens is 1. The van der Waals surface area contributed by atoms with Crippen molar-refractivity contribution in [2.45, 2.75) is 13.0 Å². The molecule has 2 N–H and O–H groups in total. The smallest absolute Gasteiger partial charge is 0.203 e. The first kappa shape index (κ1) is 24.5. The Bertz CT molecular complexity index is 996. The number of para-hydroxylation sites is 1. The summed E-state index contributed by atoms with van der Waals surface area (Å²) in [5.74, 6) is 2.55. The average Bonchev–Trinajstić information content (AvgIpc) is 2.80. The van der Waals surface area contributed by atoms with Gasteiger partial charge in [-0.15, -0.1) is 24.0 Å². The highest BCUT2D eigenvalue weighted by Crippen LogP contribution is 2.38. The van der Waals surface area contributed by atoms with Gasteiger partial charge in [0.15, 0.2) is 17.5 Å². The van der Waals surface area contributed by atoms with Gasteiger partial charge < -0.3 is 24.8 Å². The van der Waals surface area contributed by atoms with E-state index >= 15 is 0 Å². The molecule has 0 spiro atoms. The van der Waals surface area contributed by atoms with E-state index in [9.17, 15) is 0 Å². The van der Waals surface area contributed by atoms with Crippen LogP contribution in [0.25, 0.3) is 10.9 Å². The fourth-order valence-corrected chi connectivity index (χ4v) is 3.33. The number of aliphatic imine (C=N–C) groups is 1. The Labute approximate surface area is 200 Å². The summed E-state index contributed by atoms with van der Waals surface area (Å²) in [6.45, 7) is 1.30. The van der Waals surface area contributed by atoms with Crippen molar-refractivity contribution < 1.29 is 14.2 Å². The van der Waals surface area contributed by atoms with Gasteiger partial charge in [0.25, 0.3) is 0 Å². The summed E-state index contributed by atoms with van der Waals surface area (Å²) in [6.07, 6.45) is 2.68. The van der Waals surface area contributed by atoms with Crippen LogP contribution in [0.4, 0.5) is 0 Å². The summed E-state index contributed by atoms with van der Waals surface area (Å²) >= 11 is 0. The number of pyridine rings is 1. The minimum Gasteiger partial charge on any atom is -0.493 e. The molecule has 166 valence electrons. The van der Waals surface area contributed by atoms with E-state index in [4.69, 9.17) is 14.2 Å². The van der Waals surface area contributed by atoms with Gasteiger partial charge in [-0.25, -0.2) is 0 Å². The average molecular weight is 536 g/mol. The summed E-state index contributed by atoms with van der Waals surface area (Å²) in [4.78, 5) is 8.82. The van der Waals surface area contributed by atoms with E-state index in [0.717, 1.165) is 35.4 Å². The van der Waals surface area contributed by atoms with Crippen LogP contribution in [0.15, 0.2) is 53.7 Å². The molecule has 0 radical (unpaired) electrons. The molecule has 1 aromatic heterocycles. The van der Waals surface area contributed by atoms with Crippen LogP contribution >= 0.6 is 24.0 Å². The molecule has 2 aromatic carbocycles. The number of halogens is 1. The van der Waals surface area contributed by atoms with E-state index in [1.807, 2.05) is 24.4 Å². The SMILES string of the molecule is CN=C(NCCc1cccc2cccnc12)NCc1cc(OC)c(OC)c(OC)c1.I. The number of nitrogens with zero attached hydrogens (tertiary/aromatic N) is 2. The zero-order valence-corrected chi connectivity index (χ0v) is 20.6. The molecule has 0 aliphatic rings. The van der Waals surface area contributed by atoms with Crippen LogP contribution in [0, 0.1) is 0 Å². The van der Waals surface area contributed by atoms with Crippen molar-refractivity contribution in [3.63, 3.8) is 0 Å². The van der Waals surface area contributed by atoms with Crippen molar-refractivity contribution in [2.75, 3.05) is 34.9 Å². The van der Waals surface area contributed by atoms with Crippen LogP contribution in [0.3, 0.4) is 0 Å². The number of fused-ring (bicyclic) bond motifs is 1. The molecule has 0 bridgehead atoms. The summed E-state index contributed by atoms with van der Waals surface area (Å²) in [5, 5.41) is 7.83. The predicted molar refractivity (Wildman–Crippen MR) is 135 cm³/mol. The maximum Gasteiger partial charge on any atom is 0.203 e. The Morgan fingerprint density at radius 2 is 1.68 bits per heavy atom. The highest BCUT2D eigenvalue weighted by molar-refractivity contribution is 14.0. The summed E-state index contributed by atoms with van der Waals surface area (Å²) in [5.41, 5.74) is 3.24. The van der Waals surface area contributed by atoms with Crippen LogP contribution in [-0.2, 0) is 13.0 Å². The number of nitrogens with one attached hydrogen (secondary N) is 2. The molecule has 1 heterocycles. The zero-order chi connectivity index (χ0) is 21.3. The monoisotopic (exact) mass is 536 g/mol. The molecule has 0 amide bonds. The molecule has 0 aliphatic carbocycles.